The summed E-state index contributed by atoms with van der Waals surface area (Å²) in [6.07, 6.45) is 5.31. The van der Waals surface area contributed by atoms with Gasteiger partial charge in [-0.15, -0.1) is 11.3 Å². The fourth-order valence-corrected chi connectivity index (χ4v) is 3.70. The third kappa shape index (κ3) is 3.92. The van der Waals surface area contributed by atoms with Crippen LogP contribution in [0.15, 0.2) is 85.1 Å². The molecule has 0 aliphatic rings. The first-order valence-corrected chi connectivity index (χ1v) is 9.58. The smallest absolute Gasteiger partial charge is 0.195 e. The molecule has 0 aliphatic heterocycles. The van der Waals surface area contributed by atoms with Crippen LogP contribution in [0.2, 0.25) is 4.34 Å². The summed E-state index contributed by atoms with van der Waals surface area (Å²) in [4.78, 5) is 13.0. The minimum Gasteiger partial charge on any atom is -0.288 e. The SMILES string of the molecule is O=C(/C=C/c1cn(-c2ccccc2)nc1-c1ccccc1)c1ccc(Cl)s1. The average Bonchev–Trinajstić information content (AvgIpc) is 3.34. The van der Waals surface area contributed by atoms with Gasteiger partial charge < -0.3 is 0 Å². The Morgan fingerprint density at radius 2 is 1.67 bits per heavy atom. The fraction of sp³-hybridized carbons (Fsp3) is 0. The number of carbonyl (C=O) groups is 1. The Kier molecular flexibility index (Phi) is 5.01. The number of thiophene rings is 1. The Hall–Kier alpha value is -2.95. The van der Waals surface area contributed by atoms with Crippen LogP contribution in [0.4, 0.5) is 0 Å². The molecule has 0 bridgehead atoms. The van der Waals surface area contributed by atoms with Crippen molar-refractivity contribution in [3.63, 3.8) is 0 Å². The lowest BCUT2D eigenvalue weighted by molar-refractivity contribution is 0.105. The Morgan fingerprint density at radius 1 is 0.963 bits per heavy atom. The maximum Gasteiger partial charge on any atom is 0.195 e. The van der Waals surface area contributed by atoms with Crippen LogP contribution in [-0.2, 0) is 0 Å². The minimum atomic E-state index is -0.0710. The highest BCUT2D eigenvalue weighted by Gasteiger charge is 2.11. The Bertz CT molecular complexity index is 1100. The Labute approximate surface area is 166 Å². The van der Waals surface area contributed by atoms with Gasteiger partial charge in [0.15, 0.2) is 5.78 Å². The zero-order valence-corrected chi connectivity index (χ0v) is 15.8. The molecular formula is C22H15ClN2OS. The van der Waals surface area contributed by atoms with Crippen LogP contribution in [0.25, 0.3) is 23.0 Å². The van der Waals surface area contributed by atoms with Gasteiger partial charge in [-0.2, -0.15) is 5.10 Å². The number of ketones is 1. The number of rotatable bonds is 5. The molecule has 0 aliphatic carbocycles. The lowest BCUT2D eigenvalue weighted by atomic mass is 10.1. The van der Waals surface area contributed by atoms with E-state index in [4.69, 9.17) is 16.7 Å². The molecule has 0 radical (unpaired) electrons. The largest absolute Gasteiger partial charge is 0.288 e. The summed E-state index contributed by atoms with van der Waals surface area (Å²) in [7, 11) is 0. The number of halogens is 1. The molecule has 0 atom stereocenters. The van der Waals surface area contributed by atoms with E-state index in [0.29, 0.717) is 9.21 Å². The zero-order valence-electron chi connectivity index (χ0n) is 14.2. The third-order valence-electron chi connectivity index (χ3n) is 4.04. The molecule has 0 saturated carbocycles. The van der Waals surface area contributed by atoms with Gasteiger partial charge in [-0.3, -0.25) is 4.79 Å². The van der Waals surface area contributed by atoms with Crippen molar-refractivity contribution >= 4 is 34.8 Å². The van der Waals surface area contributed by atoms with E-state index >= 15 is 0 Å². The molecule has 0 spiro atoms. The number of nitrogens with zero attached hydrogens (tertiary/aromatic N) is 2. The van der Waals surface area contributed by atoms with E-state index in [1.165, 1.54) is 11.3 Å². The Balaban J connectivity index is 1.73. The highest BCUT2D eigenvalue weighted by molar-refractivity contribution is 7.18. The number of carbonyl (C=O) groups excluding carboxylic acids is 1. The first-order chi connectivity index (χ1) is 13.2. The second-order valence-electron chi connectivity index (χ2n) is 5.88. The van der Waals surface area contributed by atoms with Crippen molar-refractivity contribution in [2.45, 2.75) is 0 Å². The van der Waals surface area contributed by atoms with Crippen molar-refractivity contribution in [1.29, 1.82) is 0 Å². The first kappa shape index (κ1) is 17.5. The minimum absolute atomic E-state index is 0.0710. The number of hydrogen-bond acceptors (Lipinski definition) is 3. The van der Waals surface area contributed by atoms with Gasteiger partial charge in [-0.25, -0.2) is 4.68 Å². The van der Waals surface area contributed by atoms with Crippen LogP contribution in [0, 0.1) is 0 Å². The van der Waals surface area contributed by atoms with E-state index in [0.717, 1.165) is 22.5 Å². The van der Waals surface area contributed by atoms with Crippen LogP contribution >= 0.6 is 22.9 Å². The highest BCUT2D eigenvalue weighted by atomic mass is 35.5. The molecule has 27 heavy (non-hydrogen) atoms. The van der Waals surface area contributed by atoms with Crippen molar-refractivity contribution < 1.29 is 4.79 Å². The van der Waals surface area contributed by atoms with Gasteiger partial charge in [0, 0.05) is 17.3 Å². The molecule has 2 aromatic heterocycles. The van der Waals surface area contributed by atoms with Gasteiger partial charge in [-0.1, -0.05) is 60.1 Å². The summed E-state index contributed by atoms with van der Waals surface area (Å²) in [5.74, 6) is -0.0710. The summed E-state index contributed by atoms with van der Waals surface area (Å²) in [6.45, 7) is 0. The monoisotopic (exact) mass is 390 g/mol. The van der Waals surface area contributed by atoms with Gasteiger partial charge in [-0.05, 0) is 36.4 Å². The molecule has 0 unspecified atom stereocenters. The van der Waals surface area contributed by atoms with E-state index < -0.39 is 0 Å². The predicted octanol–water partition coefficient (Wildman–Crippen LogP) is 6.15. The molecule has 4 rings (SSSR count). The third-order valence-corrected chi connectivity index (χ3v) is 5.29. The van der Waals surface area contributed by atoms with Gasteiger partial charge in [0.05, 0.1) is 20.6 Å². The van der Waals surface area contributed by atoms with E-state index in [1.807, 2.05) is 77.6 Å². The van der Waals surface area contributed by atoms with Crippen LogP contribution < -0.4 is 0 Å². The molecule has 2 heterocycles. The molecule has 2 aromatic carbocycles. The van der Waals surface area contributed by atoms with Crippen molar-refractivity contribution in [2.24, 2.45) is 0 Å². The lowest BCUT2D eigenvalue weighted by Gasteiger charge is -2.00. The second-order valence-corrected chi connectivity index (χ2v) is 7.60. The normalized spacial score (nSPS) is 11.1. The molecule has 0 N–H and O–H groups in total. The molecule has 5 heteroatoms. The summed E-state index contributed by atoms with van der Waals surface area (Å²) in [5.41, 5.74) is 3.66. The summed E-state index contributed by atoms with van der Waals surface area (Å²) >= 11 is 7.20. The topological polar surface area (TPSA) is 34.9 Å². The van der Waals surface area contributed by atoms with Crippen molar-refractivity contribution in [2.75, 3.05) is 0 Å². The number of para-hydroxylation sites is 1. The Morgan fingerprint density at radius 3 is 2.33 bits per heavy atom. The molecule has 132 valence electrons. The molecular weight excluding hydrogens is 376 g/mol. The zero-order chi connectivity index (χ0) is 18.6. The number of benzene rings is 2. The van der Waals surface area contributed by atoms with Crippen LogP contribution in [-0.4, -0.2) is 15.6 Å². The van der Waals surface area contributed by atoms with E-state index in [-0.39, 0.29) is 5.78 Å². The van der Waals surface area contributed by atoms with Gasteiger partial charge in [0.25, 0.3) is 0 Å². The summed E-state index contributed by atoms with van der Waals surface area (Å²) in [5, 5.41) is 4.74. The first-order valence-electron chi connectivity index (χ1n) is 8.39. The molecule has 0 amide bonds. The van der Waals surface area contributed by atoms with Gasteiger partial charge >= 0.3 is 0 Å². The predicted molar refractivity (Wildman–Crippen MR) is 112 cm³/mol. The summed E-state index contributed by atoms with van der Waals surface area (Å²) in [6, 6.07) is 23.3. The fourth-order valence-electron chi connectivity index (χ4n) is 2.74. The molecule has 4 aromatic rings. The molecule has 0 fully saturated rings. The van der Waals surface area contributed by atoms with E-state index in [1.54, 1.807) is 18.2 Å². The lowest BCUT2D eigenvalue weighted by Crippen LogP contribution is -1.93. The van der Waals surface area contributed by atoms with E-state index in [9.17, 15) is 4.79 Å². The van der Waals surface area contributed by atoms with Gasteiger partial charge in [0.2, 0.25) is 0 Å². The van der Waals surface area contributed by atoms with E-state index in [2.05, 4.69) is 0 Å². The number of hydrogen-bond donors (Lipinski definition) is 0. The standard InChI is InChI=1S/C22H15ClN2OS/c23-21-14-13-20(27-21)19(26)12-11-17-15-25(18-9-5-2-6-10-18)24-22(17)16-7-3-1-4-8-16/h1-15H/b12-11+. The average molecular weight is 391 g/mol. The van der Waals surface area contributed by atoms with Crippen molar-refractivity contribution in [3.8, 4) is 16.9 Å². The quantitative estimate of drug-likeness (QED) is 0.302. The van der Waals surface area contributed by atoms with Crippen molar-refractivity contribution in [3.05, 3.63) is 99.8 Å². The molecule has 3 nitrogen and oxygen atoms in total. The maximum absolute atomic E-state index is 12.4. The second kappa shape index (κ2) is 7.74. The maximum atomic E-state index is 12.4. The molecule has 0 saturated heterocycles. The van der Waals surface area contributed by atoms with Crippen LogP contribution in [0.3, 0.4) is 0 Å². The summed E-state index contributed by atoms with van der Waals surface area (Å²) < 4.78 is 2.43. The number of aromatic nitrogens is 2. The number of allylic oxidation sites excluding steroid dienone is 1. The highest BCUT2D eigenvalue weighted by Crippen LogP contribution is 2.26. The van der Waals surface area contributed by atoms with Crippen molar-refractivity contribution in [1.82, 2.24) is 9.78 Å². The van der Waals surface area contributed by atoms with Crippen LogP contribution in [0.5, 0.6) is 0 Å². The van der Waals surface area contributed by atoms with Gasteiger partial charge in [0.1, 0.15) is 0 Å². The van der Waals surface area contributed by atoms with Crippen LogP contribution in [0.1, 0.15) is 15.2 Å².